The van der Waals surface area contributed by atoms with Crippen molar-refractivity contribution in [2.24, 2.45) is 0 Å². The molecule has 3 aromatic rings. The maximum atomic E-state index is 10.9. The molecule has 0 saturated heterocycles. The van der Waals surface area contributed by atoms with Crippen LogP contribution >= 0.6 is 0 Å². The Bertz CT molecular complexity index is 1210. The van der Waals surface area contributed by atoms with E-state index in [1.54, 1.807) is 0 Å². The van der Waals surface area contributed by atoms with E-state index in [0.717, 1.165) is 12.2 Å². The first-order chi connectivity index (χ1) is 14.5. The van der Waals surface area contributed by atoms with E-state index in [2.05, 4.69) is 77.1 Å². The van der Waals surface area contributed by atoms with E-state index in [4.69, 9.17) is 0 Å². The molecule has 7 heteroatoms. The van der Waals surface area contributed by atoms with Crippen LogP contribution in [-0.2, 0) is 16.7 Å². The minimum atomic E-state index is -4.15. The Kier molecular flexibility index (Phi) is 6.25. The second kappa shape index (κ2) is 8.90. The number of benzene rings is 2. The molecule has 1 aliphatic heterocycles. The molecule has 4 rings (SSSR count). The van der Waals surface area contributed by atoms with E-state index in [9.17, 15) is 13.0 Å². The molecule has 0 unspecified atom stereocenters. The first-order valence-corrected chi connectivity index (χ1v) is 13.4. The summed E-state index contributed by atoms with van der Waals surface area (Å²) in [7, 11) is -4.15. The van der Waals surface area contributed by atoms with E-state index in [-0.39, 0.29) is 20.7 Å². The van der Waals surface area contributed by atoms with E-state index >= 15 is 0 Å². The molecule has 2 aromatic carbocycles. The Labute approximate surface area is 183 Å². The van der Waals surface area contributed by atoms with Gasteiger partial charge in [-0.1, -0.05) is 0 Å². The summed E-state index contributed by atoms with van der Waals surface area (Å²) in [4.78, 5) is 2.29. The van der Waals surface area contributed by atoms with Gasteiger partial charge in [-0.2, -0.15) is 0 Å². The van der Waals surface area contributed by atoms with Crippen molar-refractivity contribution < 1.29 is 17.5 Å². The van der Waals surface area contributed by atoms with Gasteiger partial charge in [-0.25, -0.2) is 0 Å². The molecule has 0 fully saturated rings. The summed E-state index contributed by atoms with van der Waals surface area (Å²) < 4.78 is 37.7. The van der Waals surface area contributed by atoms with Gasteiger partial charge in [-0.3, -0.25) is 0 Å². The Morgan fingerprint density at radius 1 is 1.03 bits per heavy atom. The zero-order chi connectivity index (χ0) is 21.1. The van der Waals surface area contributed by atoms with Crippen molar-refractivity contribution in [3.63, 3.8) is 0 Å². The number of fused-ring (bicyclic) bond motifs is 2. The van der Waals surface area contributed by atoms with Crippen molar-refractivity contribution in [1.29, 1.82) is 0 Å². The molecule has 0 saturated carbocycles. The van der Waals surface area contributed by atoms with Crippen LogP contribution in [0.5, 0.6) is 0 Å². The van der Waals surface area contributed by atoms with Crippen LogP contribution in [0.15, 0.2) is 65.3 Å². The van der Waals surface area contributed by atoms with Crippen LogP contribution in [0.1, 0.15) is 25.5 Å². The predicted molar refractivity (Wildman–Crippen MR) is 121 cm³/mol. The van der Waals surface area contributed by atoms with Crippen molar-refractivity contribution in [2.45, 2.75) is 26.3 Å². The second-order valence-corrected chi connectivity index (χ2v) is 11.0. The van der Waals surface area contributed by atoms with Crippen molar-refractivity contribution in [3.05, 3.63) is 71.0 Å². The monoisotopic (exact) mass is 488 g/mol. The summed E-state index contributed by atoms with van der Waals surface area (Å²) in [5.74, 6) is -0.298. The average Bonchev–Trinajstić information content (AvgIpc) is 3.07. The molecule has 0 radical (unpaired) electrons. The molecule has 2 heterocycles. The number of nitrogens with zero attached hydrogens (tertiary/aromatic N) is 2. The van der Waals surface area contributed by atoms with Gasteiger partial charge < -0.3 is 0 Å². The van der Waals surface area contributed by atoms with Crippen LogP contribution in [0.2, 0.25) is 0 Å². The van der Waals surface area contributed by atoms with Crippen molar-refractivity contribution in [1.82, 2.24) is 0 Å². The average molecular weight is 487 g/mol. The van der Waals surface area contributed by atoms with E-state index in [1.165, 1.54) is 25.6 Å². The van der Waals surface area contributed by atoms with Gasteiger partial charge in [0.2, 0.25) is 0 Å². The number of rotatable bonds is 7. The number of para-hydroxylation sites is 2. The van der Waals surface area contributed by atoms with Crippen LogP contribution in [0.25, 0.3) is 17.0 Å². The molecule has 0 bridgehead atoms. The zero-order valence-electron chi connectivity index (χ0n) is 16.8. The van der Waals surface area contributed by atoms with Gasteiger partial charge in [-0.15, -0.1) is 0 Å². The van der Waals surface area contributed by atoms with Crippen molar-refractivity contribution >= 4 is 52.2 Å². The van der Waals surface area contributed by atoms with Gasteiger partial charge in [0.15, 0.2) is 0 Å². The Morgan fingerprint density at radius 3 is 2.60 bits per heavy atom. The number of aromatic nitrogens is 1. The molecule has 1 aliphatic rings. The van der Waals surface area contributed by atoms with Gasteiger partial charge in [0.25, 0.3) is 0 Å². The Balaban J connectivity index is 1.66. The third kappa shape index (κ3) is 4.60. The van der Waals surface area contributed by atoms with E-state index in [0.29, 0.717) is 19.4 Å². The van der Waals surface area contributed by atoms with Crippen molar-refractivity contribution in [2.75, 3.05) is 17.2 Å². The quantitative estimate of drug-likeness (QED) is 0.223. The first kappa shape index (κ1) is 21.1. The fourth-order valence-corrected chi connectivity index (χ4v) is 6.76. The predicted octanol–water partition coefficient (Wildman–Crippen LogP) is 2.62. The molecule has 156 valence electrons. The molecular weight excluding hydrogens is 463 g/mol. The summed E-state index contributed by atoms with van der Waals surface area (Å²) in [5.41, 5.74) is 3.56. The Morgan fingerprint density at radius 2 is 1.80 bits per heavy atom. The molecule has 0 amide bonds. The van der Waals surface area contributed by atoms with Crippen LogP contribution in [0.4, 0.5) is 5.69 Å². The van der Waals surface area contributed by atoms with Crippen molar-refractivity contribution in [3.8, 4) is 0 Å². The molecule has 5 nitrogen and oxygen atoms in total. The standard InChI is InChI=1S/C23H24N2O3SSe/c1-2-24-19(14-13-18-9-3-4-10-20(18)24)17-23-25(15-7-8-16-29(26,27)28)21-11-5-6-12-22(21)30-23/h3-6,9-14,17H,2,7-8,15-16H2,1H3. The number of aryl methyl sites for hydroxylation is 1. The number of pyridine rings is 1. The van der Waals surface area contributed by atoms with Crippen LogP contribution in [0, 0.1) is 0 Å². The number of anilines is 1. The number of hydrogen-bond donors (Lipinski definition) is 0. The second-order valence-electron chi connectivity index (χ2n) is 7.23. The molecule has 0 atom stereocenters. The Hall–Kier alpha value is -2.18. The normalized spacial score (nSPS) is 15.1. The van der Waals surface area contributed by atoms with E-state index < -0.39 is 10.1 Å². The van der Waals surface area contributed by atoms with Gasteiger partial charge in [0.05, 0.1) is 0 Å². The van der Waals surface area contributed by atoms with Gasteiger partial charge in [0, 0.05) is 0 Å². The summed E-state index contributed by atoms with van der Waals surface area (Å²) >= 11 is 0.179. The zero-order valence-corrected chi connectivity index (χ0v) is 19.4. The van der Waals surface area contributed by atoms with Crippen LogP contribution in [-0.4, -0.2) is 40.2 Å². The summed E-state index contributed by atoms with van der Waals surface area (Å²) in [6, 6.07) is 21.1. The molecule has 0 aliphatic carbocycles. The van der Waals surface area contributed by atoms with E-state index in [1.807, 2.05) is 6.07 Å². The molecule has 0 N–H and O–H groups in total. The maximum absolute atomic E-state index is 10.9. The first-order valence-electron chi connectivity index (χ1n) is 10.1. The third-order valence-electron chi connectivity index (χ3n) is 5.22. The number of unbranched alkanes of at least 4 members (excludes halogenated alkanes) is 1. The minimum absolute atomic E-state index is 0.179. The summed E-state index contributed by atoms with van der Waals surface area (Å²) in [6.45, 7) is 3.74. The van der Waals surface area contributed by atoms with Gasteiger partial charge in [-0.05, 0) is 0 Å². The molecule has 0 spiro atoms. The fourth-order valence-electron chi connectivity index (χ4n) is 3.82. The third-order valence-corrected chi connectivity index (χ3v) is 8.35. The van der Waals surface area contributed by atoms with Gasteiger partial charge in [0.1, 0.15) is 0 Å². The SMILES string of the molecule is CC[n+]1c(C=C2[Se]c3ccccc3N2CCCCS(=O)(=O)[O-])ccc2ccccc21. The fraction of sp³-hybridized carbons (Fsp3) is 0.261. The summed E-state index contributed by atoms with van der Waals surface area (Å²) in [6.07, 6.45) is 3.31. The molecule has 30 heavy (non-hydrogen) atoms. The van der Waals surface area contributed by atoms with Crippen LogP contribution in [0.3, 0.4) is 0 Å². The topological polar surface area (TPSA) is 64.3 Å². The molecular formula is C23H24N2O3SSe. The van der Waals surface area contributed by atoms with Crippen LogP contribution < -0.4 is 13.9 Å². The summed E-state index contributed by atoms with van der Waals surface area (Å²) in [5, 5.41) is 1.22. The molecule has 1 aromatic heterocycles. The number of hydrogen-bond acceptors (Lipinski definition) is 4. The van der Waals surface area contributed by atoms with Gasteiger partial charge >= 0.3 is 184 Å².